The molecule has 82 valence electrons. The molecule has 0 saturated carbocycles. The van der Waals surface area contributed by atoms with Crippen LogP contribution in [0.4, 0.5) is 5.69 Å². The first kappa shape index (κ1) is 11.7. The van der Waals surface area contributed by atoms with Gasteiger partial charge in [0.1, 0.15) is 0 Å². The molecule has 0 aliphatic heterocycles. The SMILES string of the molecule is CC(C)C[C@H](N)c1ccccc1[N+](=O)[O-]. The molecule has 1 rings (SSSR count). The van der Waals surface area contributed by atoms with Crippen molar-refractivity contribution in [1.29, 1.82) is 0 Å². The van der Waals surface area contributed by atoms with E-state index in [0.717, 1.165) is 6.42 Å². The molecule has 0 spiro atoms. The molecule has 1 aromatic carbocycles. The van der Waals surface area contributed by atoms with E-state index in [9.17, 15) is 10.1 Å². The number of nitrogens with two attached hydrogens (primary N) is 1. The molecule has 0 fully saturated rings. The molecule has 0 amide bonds. The lowest BCUT2D eigenvalue weighted by Crippen LogP contribution is -2.14. The van der Waals surface area contributed by atoms with Crippen LogP contribution in [-0.4, -0.2) is 4.92 Å². The highest BCUT2D eigenvalue weighted by Gasteiger charge is 2.18. The monoisotopic (exact) mass is 208 g/mol. The fraction of sp³-hybridized carbons (Fsp3) is 0.455. The Hall–Kier alpha value is -1.42. The van der Waals surface area contributed by atoms with Gasteiger partial charge in [0.15, 0.2) is 0 Å². The summed E-state index contributed by atoms with van der Waals surface area (Å²) >= 11 is 0. The predicted molar refractivity (Wildman–Crippen MR) is 59.5 cm³/mol. The third kappa shape index (κ3) is 3.02. The minimum atomic E-state index is -0.379. The first-order chi connectivity index (χ1) is 7.02. The van der Waals surface area contributed by atoms with Crippen LogP contribution in [0.5, 0.6) is 0 Å². The molecular formula is C11H16N2O2. The van der Waals surface area contributed by atoms with Crippen LogP contribution in [0.3, 0.4) is 0 Å². The van der Waals surface area contributed by atoms with Gasteiger partial charge in [0.2, 0.25) is 0 Å². The number of benzene rings is 1. The van der Waals surface area contributed by atoms with Gasteiger partial charge in [0.25, 0.3) is 5.69 Å². The summed E-state index contributed by atoms with van der Waals surface area (Å²) in [6, 6.07) is 6.40. The summed E-state index contributed by atoms with van der Waals surface area (Å²) in [4.78, 5) is 10.4. The van der Waals surface area contributed by atoms with Gasteiger partial charge in [-0.25, -0.2) is 0 Å². The average Bonchev–Trinajstić information content (AvgIpc) is 2.16. The minimum absolute atomic E-state index is 0.116. The number of para-hydroxylation sites is 1. The summed E-state index contributed by atoms with van der Waals surface area (Å²) < 4.78 is 0. The van der Waals surface area contributed by atoms with Crippen LogP contribution in [0.1, 0.15) is 31.9 Å². The number of nitro groups is 1. The van der Waals surface area contributed by atoms with Crippen LogP contribution in [0, 0.1) is 16.0 Å². The molecule has 2 N–H and O–H groups in total. The highest BCUT2D eigenvalue weighted by molar-refractivity contribution is 5.41. The lowest BCUT2D eigenvalue weighted by Gasteiger charge is -2.14. The standard InChI is InChI=1S/C11H16N2O2/c1-8(2)7-10(12)9-5-3-4-6-11(9)13(14)15/h3-6,8,10H,7,12H2,1-2H3/t10-/m0/s1. The molecule has 0 heterocycles. The van der Waals surface area contributed by atoms with Gasteiger partial charge >= 0.3 is 0 Å². The van der Waals surface area contributed by atoms with Crippen LogP contribution in [0.25, 0.3) is 0 Å². The van der Waals surface area contributed by atoms with E-state index in [4.69, 9.17) is 5.73 Å². The Kier molecular flexibility index (Phi) is 3.80. The Morgan fingerprint density at radius 3 is 2.53 bits per heavy atom. The first-order valence-corrected chi connectivity index (χ1v) is 5.01. The fourth-order valence-corrected chi connectivity index (χ4v) is 1.60. The molecule has 4 heteroatoms. The molecule has 15 heavy (non-hydrogen) atoms. The molecule has 0 aromatic heterocycles. The van der Waals surface area contributed by atoms with Crippen LogP contribution in [0.15, 0.2) is 24.3 Å². The van der Waals surface area contributed by atoms with Gasteiger partial charge in [0, 0.05) is 17.7 Å². The second-order valence-corrected chi connectivity index (χ2v) is 4.05. The first-order valence-electron chi connectivity index (χ1n) is 5.01. The summed E-state index contributed by atoms with van der Waals surface area (Å²) in [5.41, 5.74) is 6.67. The maximum absolute atomic E-state index is 10.8. The maximum atomic E-state index is 10.8. The summed E-state index contributed by atoms with van der Waals surface area (Å²) in [6.07, 6.45) is 0.755. The van der Waals surface area contributed by atoms with Crippen molar-refractivity contribution in [3.63, 3.8) is 0 Å². The average molecular weight is 208 g/mol. The molecule has 0 aliphatic carbocycles. The van der Waals surface area contributed by atoms with E-state index in [0.29, 0.717) is 11.5 Å². The molecule has 1 aromatic rings. The van der Waals surface area contributed by atoms with Crippen LogP contribution in [-0.2, 0) is 0 Å². The Morgan fingerprint density at radius 2 is 2.00 bits per heavy atom. The molecule has 1 atom stereocenters. The lowest BCUT2D eigenvalue weighted by atomic mass is 9.97. The fourth-order valence-electron chi connectivity index (χ4n) is 1.60. The zero-order valence-corrected chi connectivity index (χ0v) is 9.01. The van der Waals surface area contributed by atoms with E-state index in [1.165, 1.54) is 6.07 Å². The second-order valence-electron chi connectivity index (χ2n) is 4.05. The summed E-state index contributed by atoms with van der Waals surface area (Å²) in [5.74, 6) is 0.430. The van der Waals surface area contributed by atoms with Crippen molar-refractivity contribution in [2.45, 2.75) is 26.3 Å². The third-order valence-corrected chi connectivity index (χ3v) is 2.26. The van der Waals surface area contributed by atoms with Gasteiger partial charge in [0.05, 0.1) is 4.92 Å². The molecule has 0 bridgehead atoms. The van der Waals surface area contributed by atoms with Gasteiger partial charge in [-0.15, -0.1) is 0 Å². The van der Waals surface area contributed by atoms with Crippen molar-refractivity contribution < 1.29 is 4.92 Å². The molecule has 0 radical (unpaired) electrons. The predicted octanol–water partition coefficient (Wildman–Crippen LogP) is 2.64. The topological polar surface area (TPSA) is 69.2 Å². The van der Waals surface area contributed by atoms with E-state index in [-0.39, 0.29) is 16.7 Å². The van der Waals surface area contributed by atoms with Gasteiger partial charge in [-0.1, -0.05) is 32.0 Å². The van der Waals surface area contributed by atoms with E-state index in [1.807, 2.05) is 0 Å². The molecular weight excluding hydrogens is 192 g/mol. The molecule has 4 nitrogen and oxygen atoms in total. The molecule has 0 saturated heterocycles. The Morgan fingerprint density at radius 1 is 1.40 bits per heavy atom. The normalized spacial score (nSPS) is 12.8. The van der Waals surface area contributed by atoms with Crippen molar-refractivity contribution >= 4 is 5.69 Å². The van der Waals surface area contributed by atoms with Crippen LogP contribution in [0.2, 0.25) is 0 Å². The Bertz CT molecular complexity index is 350. The Labute approximate surface area is 89.2 Å². The number of nitro benzene ring substituents is 1. The highest BCUT2D eigenvalue weighted by atomic mass is 16.6. The third-order valence-electron chi connectivity index (χ3n) is 2.26. The number of rotatable bonds is 4. The number of hydrogen-bond acceptors (Lipinski definition) is 3. The van der Waals surface area contributed by atoms with Crippen molar-refractivity contribution in [1.82, 2.24) is 0 Å². The van der Waals surface area contributed by atoms with Crippen molar-refractivity contribution in [3.05, 3.63) is 39.9 Å². The molecule has 0 aliphatic rings. The zero-order chi connectivity index (χ0) is 11.4. The number of hydrogen-bond donors (Lipinski definition) is 1. The van der Waals surface area contributed by atoms with Gasteiger partial charge in [-0.05, 0) is 12.3 Å². The van der Waals surface area contributed by atoms with Crippen molar-refractivity contribution in [2.24, 2.45) is 11.7 Å². The maximum Gasteiger partial charge on any atom is 0.274 e. The summed E-state index contributed by atoms with van der Waals surface area (Å²) in [7, 11) is 0. The van der Waals surface area contributed by atoms with Gasteiger partial charge in [-0.3, -0.25) is 10.1 Å². The largest absolute Gasteiger partial charge is 0.324 e. The summed E-state index contributed by atoms with van der Waals surface area (Å²) in [6.45, 7) is 4.10. The van der Waals surface area contributed by atoms with Crippen LogP contribution < -0.4 is 5.73 Å². The van der Waals surface area contributed by atoms with E-state index >= 15 is 0 Å². The quantitative estimate of drug-likeness (QED) is 0.610. The van der Waals surface area contributed by atoms with Gasteiger partial charge in [-0.2, -0.15) is 0 Å². The van der Waals surface area contributed by atoms with E-state index < -0.39 is 0 Å². The van der Waals surface area contributed by atoms with Crippen molar-refractivity contribution in [2.75, 3.05) is 0 Å². The zero-order valence-electron chi connectivity index (χ0n) is 9.01. The second kappa shape index (κ2) is 4.89. The highest BCUT2D eigenvalue weighted by Crippen LogP contribution is 2.27. The summed E-state index contributed by atoms with van der Waals surface area (Å²) in [5, 5.41) is 10.8. The minimum Gasteiger partial charge on any atom is -0.324 e. The smallest absolute Gasteiger partial charge is 0.274 e. The lowest BCUT2D eigenvalue weighted by molar-refractivity contribution is -0.385. The van der Waals surface area contributed by atoms with Gasteiger partial charge < -0.3 is 5.73 Å². The van der Waals surface area contributed by atoms with E-state index in [2.05, 4.69) is 13.8 Å². The van der Waals surface area contributed by atoms with Crippen molar-refractivity contribution in [3.8, 4) is 0 Å². The molecule has 0 unspecified atom stereocenters. The van der Waals surface area contributed by atoms with Crippen LogP contribution >= 0.6 is 0 Å². The van der Waals surface area contributed by atoms with E-state index in [1.54, 1.807) is 18.2 Å². The number of nitrogens with zero attached hydrogens (tertiary/aromatic N) is 1. The Balaban J connectivity index is 2.97.